The highest BCUT2D eigenvalue weighted by atomic mass is 35.5. The van der Waals surface area contributed by atoms with E-state index in [9.17, 15) is 19.8 Å². The van der Waals surface area contributed by atoms with Gasteiger partial charge in [0.15, 0.2) is 13.5 Å². The highest BCUT2D eigenvalue weighted by Crippen LogP contribution is 2.19. The number of nitrogens with one attached hydrogen (secondary N) is 1. The average Bonchev–Trinajstić information content (AvgIpc) is 2.63. The smallest absolute Gasteiger partial charge is 0.311 e. The molecule has 1 aromatic heterocycles. The lowest BCUT2D eigenvalue weighted by molar-refractivity contribution is -0.138. The Labute approximate surface area is 182 Å². The maximum Gasteiger partial charge on any atom is 0.311 e. The maximum atomic E-state index is 12.6. The molecule has 0 aliphatic heterocycles. The van der Waals surface area contributed by atoms with Gasteiger partial charge in [-0.25, -0.2) is 0 Å². The van der Waals surface area contributed by atoms with Gasteiger partial charge in [0.25, 0.3) is 5.91 Å². The second-order valence-corrected chi connectivity index (χ2v) is 8.35. The first-order valence-corrected chi connectivity index (χ1v) is 9.62. The number of carboxylic acid groups (broad SMARTS) is 1. The third-order valence-electron chi connectivity index (χ3n) is 5.56. The molecule has 0 saturated heterocycles. The van der Waals surface area contributed by atoms with Gasteiger partial charge in [-0.3, -0.25) is 14.6 Å². The van der Waals surface area contributed by atoms with E-state index in [1.807, 2.05) is 31.4 Å². The normalized spacial score (nSPS) is 11.2. The van der Waals surface area contributed by atoms with Gasteiger partial charge in [-0.1, -0.05) is 33.5 Å². The van der Waals surface area contributed by atoms with Crippen LogP contribution in [0.1, 0.15) is 10.5 Å². The lowest BCUT2D eigenvalue weighted by Crippen LogP contribution is -2.56. The van der Waals surface area contributed by atoms with Crippen LogP contribution in [0, 0.1) is 0 Å². The van der Waals surface area contributed by atoms with E-state index in [1.165, 1.54) is 15.7 Å². The number of aliphatic carboxylic acids is 1. The predicted molar refractivity (Wildman–Crippen MR) is 140 cm³/mol. The van der Waals surface area contributed by atoms with Gasteiger partial charge in [0, 0.05) is 10.6 Å². The van der Waals surface area contributed by atoms with Gasteiger partial charge in [0.1, 0.15) is 60.7 Å². The zero-order valence-electron chi connectivity index (χ0n) is 18.0. The van der Waals surface area contributed by atoms with Gasteiger partial charge in [-0.2, -0.15) is 0 Å². The maximum absolute atomic E-state index is 12.6. The van der Waals surface area contributed by atoms with Crippen molar-refractivity contribution in [3.8, 4) is 16.9 Å². The van der Waals surface area contributed by atoms with Gasteiger partial charge in [-0.15, -0.1) is 0 Å². The van der Waals surface area contributed by atoms with Crippen molar-refractivity contribution in [2.24, 2.45) is 0 Å². The van der Waals surface area contributed by atoms with Crippen LogP contribution < -0.4 is 38.2 Å². The number of benzene rings is 1. The van der Waals surface area contributed by atoms with Crippen LogP contribution in [0.25, 0.3) is 11.1 Å². The number of nitrogens with zero attached hydrogens (tertiary/aromatic N) is 1. The highest BCUT2D eigenvalue weighted by molar-refractivity contribution is 6.66. The molecule has 2 rings (SSSR count). The molecule has 0 atom stereocenters. The summed E-state index contributed by atoms with van der Waals surface area (Å²) in [4.78, 5) is 28.2. The number of hydrogen-bond acceptors (Lipinski definition) is 4. The summed E-state index contributed by atoms with van der Waals surface area (Å²) in [5, 5.41) is 21.5. The minimum absolute atomic E-state index is 0.205. The molecular weight excluding hydrogens is 382 g/mol. The Bertz CT molecular complexity index is 1030. The molecule has 0 radical (unpaired) electrons. The fourth-order valence-electron chi connectivity index (χ4n) is 3.45. The standard InChI is InChI=1S/C14H19B8ClN2O4/c15-3-1(4(16)8(23)7(19)6(3)18)2-5(17)10(26)9(24-11(2)20)12(27)25-14(21,22)13(28)29/h26H,15-22H2,(H,25,27)(H,28,29). The van der Waals surface area contributed by atoms with Gasteiger partial charge in [-0.05, 0) is 16.6 Å². The molecule has 3 N–H and O–H groups in total. The minimum Gasteiger partial charge on any atom is -0.506 e. The number of halogens is 1. The number of rotatable bonds is 4. The summed E-state index contributed by atoms with van der Waals surface area (Å²) in [7, 11) is 14.1. The van der Waals surface area contributed by atoms with Gasteiger partial charge in [0.2, 0.25) is 0 Å². The minimum atomic E-state index is -1.50. The molecule has 140 valence electrons. The van der Waals surface area contributed by atoms with E-state index in [4.69, 9.17) is 11.6 Å². The molecule has 2 aromatic rings. The molecule has 0 aliphatic carbocycles. The Balaban J connectivity index is 2.72. The van der Waals surface area contributed by atoms with E-state index in [2.05, 4.69) is 10.3 Å². The van der Waals surface area contributed by atoms with E-state index in [-0.39, 0.29) is 11.4 Å². The largest absolute Gasteiger partial charge is 0.506 e. The van der Waals surface area contributed by atoms with Crippen molar-refractivity contribution >= 4 is 119 Å². The highest BCUT2D eigenvalue weighted by Gasteiger charge is 2.31. The van der Waals surface area contributed by atoms with Gasteiger partial charge >= 0.3 is 5.97 Å². The number of carbonyl (C=O) groups is 2. The van der Waals surface area contributed by atoms with Crippen molar-refractivity contribution in [3.05, 3.63) is 10.7 Å². The van der Waals surface area contributed by atoms with Crippen LogP contribution in [-0.4, -0.2) is 95.2 Å². The van der Waals surface area contributed by atoms with Crippen LogP contribution >= 0.6 is 11.6 Å². The summed E-state index contributed by atoms with van der Waals surface area (Å²) in [6, 6.07) is 0. The molecule has 0 spiro atoms. The van der Waals surface area contributed by atoms with E-state index in [1.54, 1.807) is 15.7 Å². The quantitative estimate of drug-likeness (QED) is 0.442. The molecule has 0 fully saturated rings. The first-order valence-electron chi connectivity index (χ1n) is 9.24. The molecule has 0 bridgehead atoms. The molecule has 1 aromatic carbocycles. The summed E-state index contributed by atoms with van der Waals surface area (Å²) in [6.45, 7) is 0. The van der Waals surface area contributed by atoms with Crippen molar-refractivity contribution in [1.82, 2.24) is 10.3 Å². The molecule has 0 aliphatic rings. The van der Waals surface area contributed by atoms with E-state index >= 15 is 0 Å². The second-order valence-electron chi connectivity index (χ2n) is 7.97. The zero-order chi connectivity index (χ0) is 22.4. The van der Waals surface area contributed by atoms with E-state index in [0.717, 1.165) is 33.0 Å². The number of aromatic hydroxyl groups is 1. The molecular formula is C14H19B8ClN2O4. The molecule has 15 heteroatoms. The van der Waals surface area contributed by atoms with Crippen LogP contribution in [0.3, 0.4) is 0 Å². The molecule has 1 heterocycles. The second kappa shape index (κ2) is 7.98. The molecule has 6 nitrogen and oxygen atoms in total. The lowest BCUT2D eigenvalue weighted by Gasteiger charge is -2.24. The Kier molecular flexibility index (Phi) is 6.38. The topological polar surface area (TPSA) is 99.5 Å². The number of carbonyl (C=O) groups excluding carboxylic acids is 1. The molecule has 0 unspecified atom stereocenters. The Morgan fingerprint density at radius 1 is 0.897 bits per heavy atom. The summed E-state index contributed by atoms with van der Waals surface area (Å²) in [5.74, 6) is -2.22. The van der Waals surface area contributed by atoms with Crippen molar-refractivity contribution in [3.63, 3.8) is 0 Å². The van der Waals surface area contributed by atoms with Gasteiger partial charge in [0.05, 0.1) is 5.34 Å². The van der Waals surface area contributed by atoms with Crippen molar-refractivity contribution < 1.29 is 19.8 Å². The number of pyridine rings is 1. The van der Waals surface area contributed by atoms with Crippen molar-refractivity contribution in [2.45, 2.75) is 5.34 Å². The van der Waals surface area contributed by atoms with Crippen LogP contribution in [0.2, 0.25) is 5.02 Å². The predicted octanol–water partition coefficient (Wildman–Crippen LogP) is -10.6. The van der Waals surface area contributed by atoms with E-state index in [0.29, 0.717) is 16.1 Å². The Hall–Kier alpha value is -2.08. The zero-order valence-corrected chi connectivity index (χ0v) is 18.8. The Morgan fingerprint density at radius 3 is 1.97 bits per heavy atom. The fourth-order valence-corrected chi connectivity index (χ4v) is 3.68. The SMILES string of the molecule is Bc1nc(C(=O)NC(B)(B)C(=O)O)c(O)c(B)c1-c1c(B)c(B)c(B)c(Cl)c1B. The number of aromatic nitrogens is 1. The summed E-state index contributed by atoms with van der Waals surface area (Å²) >= 11 is 6.54. The van der Waals surface area contributed by atoms with Gasteiger partial charge < -0.3 is 15.5 Å². The van der Waals surface area contributed by atoms with Crippen LogP contribution in [0.5, 0.6) is 5.75 Å². The van der Waals surface area contributed by atoms with Crippen LogP contribution in [-0.2, 0) is 4.79 Å². The monoisotopic (exact) mass is 402 g/mol. The fraction of sp³-hybridized carbons (Fsp3) is 0.0714. The first kappa shape index (κ1) is 23.2. The Morgan fingerprint density at radius 2 is 1.45 bits per heavy atom. The summed E-state index contributed by atoms with van der Waals surface area (Å²) in [6.07, 6.45) is 0. The molecule has 1 amide bonds. The molecule has 29 heavy (non-hydrogen) atoms. The van der Waals surface area contributed by atoms with Crippen molar-refractivity contribution in [2.75, 3.05) is 0 Å². The summed E-state index contributed by atoms with van der Waals surface area (Å²) < 4.78 is 0. The van der Waals surface area contributed by atoms with E-state index < -0.39 is 17.2 Å². The number of hydrogen-bond donors (Lipinski definition) is 3. The lowest BCUT2D eigenvalue weighted by atomic mass is 9.62. The van der Waals surface area contributed by atoms with Crippen LogP contribution in [0.15, 0.2) is 0 Å². The average molecular weight is 401 g/mol. The van der Waals surface area contributed by atoms with Crippen LogP contribution in [0.4, 0.5) is 0 Å². The third kappa shape index (κ3) is 4.00. The number of carboxylic acids is 1. The molecule has 0 saturated carbocycles. The third-order valence-corrected chi connectivity index (χ3v) is 6.12. The van der Waals surface area contributed by atoms with Crippen molar-refractivity contribution in [1.29, 1.82) is 0 Å². The summed E-state index contributed by atoms with van der Waals surface area (Å²) in [5.41, 5.74) is 6.40. The number of amides is 1. The first-order chi connectivity index (χ1) is 13.2.